The van der Waals surface area contributed by atoms with Crippen LogP contribution in [0.3, 0.4) is 0 Å². The SMILES string of the molecule is CCN(CC)C(=O)c1ccccc1NC(=O)CCc1ccccc1N. The summed E-state index contributed by atoms with van der Waals surface area (Å²) in [6.07, 6.45) is 0.868. The molecule has 0 aromatic heterocycles. The number of aryl methyl sites for hydroxylation is 1. The molecular formula is C20H25N3O2. The first-order chi connectivity index (χ1) is 12.1. The van der Waals surface area contributed by atoms with E-state index in [4.69, 9.17) is 5.73 Å². The van der Waals surface area contributed by atoms with Crippen molar-refractivity contribution in [2.75, 3.05) is 24.1 Å². The van der Waals surface area contributed by atoms with Crippen molar-refractivity contribution >= 4 is 23.2 Å². The Morgan fingerprint density at radius 2 is 1.64 bits per heavy atom. The van der Waals surface area contributed by atoms with Gasteiger partial charge in [-0.2, -0.15) is 0 Å². The normalized spacial score (nSPS) is 10.3. The van der Waals surface area contributed by atoms with Crippen LogP contribution < -0.4 is 11.1 Å². The molecule has 0 radical (unpaired) electrons. The third-order valence-electron chi connectivity index (χ3n) is 4.16. The lowest BCUT2D eigenvalue weighted by atomic mass is 10.1. The molecule has 2 aromatic rings. The van der Waals surface area contributed by atoms with Gasteiger partial charge in [0.2, 0.25) is 5.91 Å². The third kappa shape index (κ3) is 4.83. The van der Waals surface area contributed by atoms with Gasteiger partial charge in [-0.05, 0) is 44.0 Å². The molecule has 2 aromatic carbocycles. The maximum atomic E-state index is 12.6. The molecule has 0 fully saturated rings. The molecular weight excluding hydrogens is 314 g/mol. The molecule has 0 spiro atoms. The number of hydrogen-bond acceptors (Lipinski definition) is 3. The predicted molar refractivity (Wildman–Crippen MR) is 101 cm³/mol. The van der Waals surface area contributed by atoms with E-state index in [2.05, 4.69) is 5.32 Å². The number of nitrogen functional groups attached to an aromatic ring is 1. The van der Waals surface area contributed by atoms with Crippen molar-refractivity contribution in [3.63, 3.8) is 0 Å². The molecule has 0 aliphatic heterocycles. The zero-order valence-electron chi connectivity index (χ0n) is 14.8. The Kier molecular flexibility index (Phi) is 6.57. The van der Waals surface area contributed by atoms with Gasteiger partial charge in [0.25, 0.3) is 5.91 Å². The van der Waals surface area contributed by atoms with Gasteiger partial charge in [0, 0.05) is 25.2 Å². The van der Waals surface area contributed by atoms with Crippen LogP contribution in [0.4, 0.5) is 11.4 Å². The summed E-state index contributed by atoms with van der Waals surface area (Å²) in [6, 6.07) is 14.6. The minimum absolute atomic E-state index is 0.0757. The number of nitrogens with one attached hydrogen (secondary N) is 1. The van der Waals surface area contributed by atoms with Crippen molar-refractivity contribution in [1.82, 2.24) is 4.90 Å². The summed E-state index contributed by atoms with van der Waals surface area (Å²) >= 11 is 0. The van der Waals surface area contributed by atoms with Crippen LogP contribution in [0.2, 0.25) is 0 Å². The number of nitrogens with zero attached hydrogens (tertiary/aromatic N) is 1. The molecule has 5 heteroatoms. The Morgan fingerprint density at radius 1 is 1.00 bits per heavy atom. The number of nitrogens with two attached hydrogens (primary N) is 1. The summed E-state index contributed by atoms with van der Waals surface area (Å²) in [4.78, 5) is 26.6. The van der Waals surface area contributed by atoms with Crippen molar-refractivity contribution in [3.8, 4) is 0 Å². The molecule has 25 heavy (non-hydrogen) atoms. The number of carbonyl (C=O) groups excluding carboxylic acids is 2. The zero-order chi connectivity index (χ0) is 18.2. The minimum atomic E-state index is -0.136. The molecule has 3 N–H and O–H groups in total. The molecule has 0 saturated carbocycles. The Morgan fingerprint density at radius 3 is 2.32 bits per heavy atom. The van der Waals surface area contributed by atoms with Crippen molar-refractivity contribution in [1.29, 1.82) is 0 Å². The number of hydrogen-bond donors (Lipinski definition) is 2. The quantitative estimate of drug-likeness (QED) is 0.760. The van der Waals surface area contributed by atoms with Gasteiger partial charge in [0.15, 0.2) is 0 Å². The predicted octanol–water partition coefficient (Wildman–Crippen LogP) is 3.32. The Balaban J connectivity index is 2.06. The highest BCUT2D eigenvalue weighted by Crippen LogP contribution is 2.19. The average molecular weight is 339 g/mol. The number of amides is 2. The van der Waals surface area contributed by atoms with Gasteiger partial charge in [0.05, 0.1) is 11.3 Å². The van der Waals surface area contributed by atoms with E-state index in [0.29, 0.717) is 42.9 Å². The first-order valence-corrected chi connectivity index (χ1v) is 8.58. The van der Waals surface area contributed by atoms with E-state index in [1.807, 2.05) is 44.2 Å². The van der Waals surface area contributed by atoms with Crippen molar-refractivity contribution < 1.29 is 9.59 Å². The van der Waals surface area contributed by atoms with Crippen LogP contribution in [-0.2, 0) is 11.2 Å². The number of carbonyl (C=O) groups is 2. The van der Waals surface area contributed by atoms with E-state index >= 15 is 0 Å². The first-order valence-electron chi connectivity index (χ1n) is 8.58. The van der Waals surface area contributed by atoms with Gasteiger partial charge in [0.1, 0.15) is 0 Å². The maximum absolute atomic E-state index is 12.6. The Bertz CT molecular complexity index is 739. The second-order valence-electron chi connectivity index (χ2n) is 5.77. The van der Waals surface area contributed by atoms with E-state index < -0.39 is 0 Å². The van der Waals surface area contributed by atoms with E-state index in [1.54, 1.807) is 23.1 Å². The molecule has 0 aliphatic carbocycles. The van der Waals surface area contributed by atoms with E-state index in [0.717, 1.165) is 5.56 Å². The van der Waals surface area contributed by atoms with E-state index in [9.17, 15) is 9.59 Å². The Labute approximate surface area is 148 Å². The molecule has 0 unspecified atom stereocenters. The van der Waals surface area contributed by atoms with E-state index in [-0.39, 0.29) is 11.8 Å². The first kappa shape index (κ1) is 18.5. The highest BCUT2D eigenvalue weighted by molar-refractivity contribution is 6.03. The minimum Gasteiger partial charge on any atom is -0.399 e. The lowest BCUT2D eigenvalue weighted by molar-refractivity contribution is -0.116. The maximum Gasteiger partial charge on any atom is 0.255 e. The molecule has 0 atom stereocenters. The molecule has 0 heterocycles. The van der Waals surface area contributed by atoms with Gasteiger partial charge in [-0.3, -0.25) is 9.59 Å². The lowest BCUT2D eigenvalue weighted by Gasteiger charge is -2.20. The number of para-hydroxylation sites is 2. The standard InChI is InChI=1S/C20H25N3O2/c1-3-23(4-2)20(25)16-10-6-8-12-18(16)22-19(24)14-13-15-9-5-7-11-17(15)21/h5-12H,3-4,13-14,21H2,1-2H3,(H,22,24). The third-order valence-corrected chi connectivity index (χ3v) is 4.16. The van der Waals surface area contributed by atoms with Gasteiger partial charge in [-0.25, -0.2) is 0 Å². The number of anilines is 2. The van der Waals surface area contributed by atoms with Crippen molar-refractivity contribution in [2.24, 2.45) is 0 Å². The molecule has 5 nitrogen and oxygen atoms in total. The second kappa shape index (κ2) is 8.87. The van der Waals surface area contributed by atoms with Gasteiger partial charge in [-0.15, -0.1) is 0 Å². The van der Waals surface area contributed by atoms with Crippen LogP contribution in [0.15, 0.2) is 48.5 Å². The second-order valence-corrected chi connectivity index (χ2v) is 5.77. The zero-order valence-corrected chi connectivity index (χ0v) is 14.8. The molecule has 2 rings (SSSR count). The fourth-order valence-corrected chi connectivity index (χ4v) is 2.68. The molecule has 0 bridgehead atoms. The van der Waals surface area contributed by atoms with Gasteiger partial charge >= 0.3 is 0 Å². The van der Waals surface area contributed by atoms with E-state index in [1.165, 1.54) is 0 Å². The fraction of sp³-hybridized carbons (Fsp3) is 0.300. The molecule has 2 amide bonds. The van der Waals surface area contributed by atoms with Crippen LogP contribution >= 0.6 is 0 Å². The summed E-state index contributed by atoms with van der Waals surface area (Å²) in [5.74, 6) is -0.212. The molecule has 132 valence electrons. The summed E-state index contributed by atoms with van der Waals surface area (Å²) in [7, 11) is 0. The average Bonchev–Trinajstić information content (AvgIpc) is 2.62. The molecule has 0 saturated heterocycles. The van der Waals surface area contributed by atoms with Crippen molar-refractivity contribution in [3.05, 3.63) is 59.7 Å². The summed E-state index contributed by atoms with van der Waals surface area (Å²) in [5.41, 5.74) is 8.60. The van der Waals surface area contributed by atoms with Crippen LogP contribution in [0.25, 0.3) is 0 Å². The topological polar surface area (TPSA) is 75.4 Å². The summed E-state index contributed by atoms with van der Waals surface area (Å²) in [6.45, 7) is 5.13. The monoisotopic (exact) mass is 339 g/mol. The Hall–Kier alpha value is -2.82. The van der Waals surface area contributed by atoms with Crippen LogP contribution in [0.5, 0.6) is 0 Å². The van der Waals surface area contributed by atoms with Crippen molar-refractivity contribution in [2.45, 2.75) is 26.7 Å². The van der Waals surface area contributed by atoms with Crippen LogP contribution in [0.1, 0.15) is 36.2 Å². The largest absolute Gasteiger partial charge is 0.399 e. The van der Waals surface area contributed by atoms with Crippen LogP contribution in [-0.4, -0.2) is 29.8 Å². The summed E-state index contributed by atoms with van der Waals surface area (Å²) < 4.78 is 0. The highest BCUT2D eigenvalue weighted by atomic mass is 16.2. The highest BCUT2D eigenvalue weighted by Gasteiger charge is 2.17. The smallest absolute Gasteiger partial charge is 0.255 e. The fourth-order valence-electron chi connectivity index (χ4n) is 2.68. The number of rotatable bonds is 7. The summed E-state index contributed by atoms with van der Waals surface area (Å²) in [5, 5.41) is 2.86. The van der Waals surface area contributed by atoms with Gasteiger partial charge in [-0.1, -0.05) is 30.3 Å². The number of benzene rings is 2. The van der Waals surface area contributed by atoms with Gasteiger partial charge < -0.3 is 16.0 Å². The molecule has 0 aliphatic rings. The lowest BCUT2D eigenvalue weighted by Crippen LogP contribution is -2.31. The van der Waals surface area contributed by atoms with Crippen LogP contribution in [0, 0.1) is 0 Å².